The molecular weight excluding hydrogens is 232 g/mol. The summed E-state index contributed by atoms with van der Waals surface area (Å²) < 4.78 is 5.61. The number of para-hydroxylation sites is 1. The molecule has 1 saturated heterocycles. The van der Waals surface area contributed by atoms with Crippen LogP contribution in [0.2, 0.25) is 0 Å². The van der Waals surface area contributed by atoms with Gasteiger partial charge < -0.3 is 10.1 Å². The molecule has 0 bridgehead atoms. The maximum absolute atomic E-state index is 10.8. The number of piperidine rings is 1. The third-order valence-corrected chi connectivity index (χ3v) is 3.20. The summed E-state index contributed by atoms with van der Waals surface area (Å²) in [6, 6.07) is 6.73. The maximum atomic E-state index is 10.8. The van der Waals surface area contributed by atoms with Gasteiger partial charge in [0.15, 0.2) is 0 Å². The van der Waals surface area contributed by atoms with Gasteiger partial charge in [0.05, 0.1) is 23.7 Å². The highest BCUT2D eigenvalue weighted by Crippen LogP contribution is 2.19. The Hall–Kier alpha value is -1.46. The van der Waals surface area contributed by atoms with Crippen molar-refractivity contribution in [2.24, 2.45) is 5.92 Å². The summed E-state index contributed by atoms with van der Waals surface area (Å²) in [6.45, 7) is 3.05. The van der Waals surface area contributed by atoms with E-state index in [9.17, 15) is 10.1 Å². The Morgan fingerprint density at radius 3 is 3.00 bits per heavy atom. The van der Waals surface area contributed by atoms with Gasteiger partial charge in [-0.3, -0.25) is 10.1 Å². The Morgan fingerprint density at radius 2 is 2.28 bits per heavy atom. The molecule has 5 heteroatoms. The molecule has 1 aromatic rings. The molecule has 0 aromatic heterocycles. The third kappa shape index (κ3) is 3.51. The second-order valence-electron chi connectivity index (χ2n) is 4.61. The summed E-state index contributed by atoms with van der Waals surface area (Å²) in [5, 5.41) is 14.2. The van der Waals surface area contributed by atoms with Gasteiger partial charge in [0.1, 0.15) is 0 Å². The van der Waals surface area contributed by atoms with Gasteiger partial charge in [-0.2, -0.15) is 0 Å². The lowest BCUT2D eigenvalue weighted by atomic mass is 10.0. The van der Waals surface area contributed by atoms with Crippen molar-refractivity contribution in [3.8, 4) is 0 Å². The highest BCUT2D eigenvalue weighted by molar-refractivity contribution is 5.39. The molecule has 1 aromatic carbocycles. The molecule has 0 aliphatic carbocycles. The molecule has 1 aliphatic rings. The first-order valence-electron chi connectivity index (χ1n) is 6.28. The number of nitro groups is 1. The minimum atomic E-state index is -0.360. The zero-order valence-electron chi connectivity index (χ0n) is 10.3. The number of hydrogen-bond donors (Lipinski definition) is 1. The van der Waals surface area contributed by atoms with Crippen molar-refractivity contribution in [2.75, 3.05) is 19.7 Å². The molecule has 5 nitrogen and oxygen atoms in total. The van der Waals surface area contributed by atoms with Gasteiger partial charge in [-0.25, -0.2) is 0 Å². The summed E-state index contributed by atoms with van der Waals surface area (Å²) in [4.78, 5) is 10.5. The van der Waals surface area contributed by atoms with Crippen molar-refractivity contribution in [1.82, 2.24) is 5.32 Å². The zero-order valence-corrected chi connectivity index (χ0v) is 10.3. The molecule has 0 amide bonds. The minimum Gasteiger partial charge on any atom is -0.376 e. The van der Waals surface area contributed by atoms with Crippen LogP contribution >= 0.6 is 0 Å². The number of rotatable bonds is 5. The average Bonchev–Trinajstić information content (AvgIpc) is 2.40. The van der Waals surface area contributed by atoms with E-state index in [1.165, 1.54) is 18.9 Å². The third-order valence-electron chi connectivity index (χ3n) is 3.20. The van der Waals surface area contributed by atoms with E-state index >= 15 is 0 Å². The van der Waals surface area contributed by atoms with E-state index < -0.39 is 0 Å². The standard InChI is InChI=1S/C13H18N2O3/c16-15(17)13-6-2-1-5-12(13)10-18-9-11-4-3-7-14-8-11/h1-2,5-6,11,14H,3-4,7-10H2. The van der Waals surface area contributed by atoms with Crippen LogP contribution in [0.4, 0.5) is 5.69 Å². The van der Waals surface area contributed by atoms with Crippen molar-refractivity contribution in [3.63, 3.8) is 0 Å². The van der Waals surface area contributed by atoms with Crippen LogP contribution in [0, 0.1) is 16.0 Å². The Labute approximate surface area is 106 Å². The molecular formula is C13H18N2O3. The van der Waals surface area contributed by atoms with Crippen molar-refractivity contribution >= 4 is 5.69 Å². The van der Waals surface area contributed by atoms with Crippen LogP contribution in [0.5, 0.6) is 0 Å². The first-order valence-corrected chi connectivity index (χ1v) is 6.28. The Balaban J connectivity index is 1.84. The summed E-state index contributed by atoms with van der Waals surface area (Å²) in [5.74, 6) is 0.529. The topological polar surface area (TPSA) is 64.4 Å². The summed E-state index contributed by atoms with van der Waals surface area (Å²) in [5.41, 5.74) is 0.783. The van der Waals surface area contributed by atoms with E-state index in [1.807, 2.05) is 0 Å². The van der Waals surface area contributed by atoms with Gasteiger partial charge in [0.2, 0.25) is 0 Å². The van der Waals surface area contributed by atoms with E-state index in [2.05, 4.69) is 5.32 Å². The maximum Gasteiger partial charge on any atom is 0.274 e. The number of hydrogen-bond acceptors (Lipinski definition) is 4. The average molecular weight is 250 g/mol. The summed E-state index contributed by atoms with van der Waals surface area (Å²) >= 11 is 0. The van der Waals surface area contributed by atoms with Gasteiger partial charge in [-0.05, 0) is 31.4 Å². The molecule has 1 aliphatic heterocycles. The number of benzene rings is 1. The normalized spacial score (nSPS) is 19.7. The molecule has 1 fully saturated rings. The van der Waals surface area contributed by atoms with Gasteiger partial charge in [0, 0.05) is 12.6 Å². The number of nitrogens with one attached hydrogen (secondary N) is 1. The van der Waals surface area contributed by atoms with Gasteiger partial charge in [-0.15, -0.1) is 0 Å². The monoisotopic (exact) mass is 250 g/mol. The van der Waals surface area contributed by atoms with Crippen molar-refractivity contribution in [2.45, 2.75) is 19.4 Å². The van der Waals surface area contributed by atoms with Crippen molar-refractivity contribution < 1.29 is 9.66 Å². The lowest BCUT2D eigenvalue weighted by molar-refractivity contribution is -0.386. The Kier molecular flexibility index (Phi) is 4.66. The lowest BCUT2D eigenvalue weighted by Gasteiger charge is -2.22. The minimum absolute atomic E-state index is 0.138. The fourth-order valence-electron chi connectivity index (χ4n) is 2.21. The fraction of sp³-hybridized carbons (Fsp3) is 0.538. The Bertz CT molecular complexity index is 403. The van der Waals surface area contributed by atoms with E-state index in [4.69, 9.17) is 4.74 Å². The van der Waals surface area contributed by atoms with Crippen LogP contribution in [0.25, 0.3) is 0 Å². The molecule has 1 N–H and O–H groups in total. The first-order chi connectivity index (χ1) is 8.77. The number of nitrogens with zero attached hydrogens (tertiary/aromatic N) is 1. The molecule has 1 heterocycles. The smallest absolute Gasteiger partial charge is 0.274 e. The van der Waals surface area contributed by atoms with E-state index in [0.717, 1.165) is 13.1 Å². The Morgan fingerprint density at radius 1 is 1.44 bits per heavy atom. The molecule has 1 unspecified atom stereocenters. The predicted octanol–water partition coefficient (Wildman–Crippen LogP) is 2.11. The highest BCUT2D eigenvalue weighted by atomic mass is 16.6. The van der Waals surface area contributed by atoms with E-state index in [0.29, 0.717) is 24.7 Å². The van der Waals surface area contributed by atoms with Crippen molar-refractivity contribution in [3.05, 3.63) is 39.9 Å². The molecule has 2 rings (SSSR count). The lowest BCUT2D eigenvalue weighted by Crippen LogP contribution is -2.32. The summed E-state index contributed by atoms with van der Waals surface area (Å²) in [6.07, 6.45) is 2.35. The first kappa shape index (κ1) is 13.0. The van der Waals surface area contributed by atoms with Crippen LogP contribution < -0.4 is 5.32 Å². The quantitative estimate of drug-likeness (QED) is 0.642. The van der Waals surface area contributed by atoms with E-state index in [-0.39, 0.29) is 10.6 Å². The molecule has 0 radical (unpaired) electrons. The molecule has 0 spiro atoms. The van der Waals surface area contributed by atoms with Crippen LogP contribution in [-0.4, -0.2) is 24.6 Å². The zero-order chi connectivity index (χ0) is 12.8. The van der Waals surface area contributed by atoms with Crippen LogP contribution in [0.15, 0.2) is 24.3 Å². The molecule has 98 valence electrons. The highest BCUT2D eigenvalue weighted by Gasteiger charge is 2.15. The predicted molar refractivity (Wildman–Crippen MR) is 68.3 cm³/mol. The second-order valence-corrected chi connectivity index (χ2v) is 4.61. The van der Waals surface area contributed by atoms with Gasteiger partial charge in [0.25, 0.3) is 5.69 Å². The van der Waals surface area contributed by atoms with Crippen LogP contribution in [0.3, 0.4) is 0 Å². The van der Waals surface area contributed by atoms with Crippen molar-refractivity contribution in [1.29, 1.82) is 0 Å². The number of nitro benzene ring substituents is 1. The largest absolute Gasteiger partial charge is 0.376 e. The van der Waals surface area contributed by atoms with Gasteiger partial charge >= 0.3 is 0 Å². The molecule has 1 atom stereocenters. The fourth-order valence-corrected chi connectivity index (χ4v) is 2.21. The second kappa shape index (κ2) is 6.47. The van der Waals surface area contributed by atoms with Gasteiger partial charge in [-0.1, -0.05) is 12.1 Å². The molecule has 0 saturated carbocycles. The number of ether oxygens (including phenoxy) is 1. The molecule has 18 heavy (non-hydrogen) atoms. The van der Waals surface area contributed by atoms with Crippen LogP contribution in [-0.2, 0) is 11.3 Å². The summed E-state index contributed by atoms with van der Waals surface area (Å²) in [7, 11) is 0. The van der Waals surface area contributed by atoms with Crippen LogP contribution in [0.1, 0.15) is 18.4 Å². The van der Waals surface area contributed by atoms with E-state index in [1.54, 1.807) is 18.2 Å². The SMILES string of the molecule is O=[N+]([O-])c1ccccc1COCC1CCCNC1.